The molecule has 1 aliphatic rings. The highest BCUT2D eigenvalue weighted by Gasteiger charge is 2.46. The van der Waals surface area contributed by atoms with E-state index in [0.717, 1.165) is 9.80 Å². The summed E-state index contributed by atoms with van der Waals surface area (Å²) in [6.45, 7) is 31.3. The van der Waals surface area contributed by atoms with Gasteiger partial charge in [0.1, 0.15) is 66.2 Å². The molecule has 0 spiro atoms. The Balaban J connectivity index is 2.33. The molecule has 1 aromatic heterocycles. The first-order valence-electron chi connectivity index (χ1n) is 34.8. The van der Waals surface area contributed by atoms with E-state index in [1.807, 2.05) is 69.2 Å². The summed E-state index contributed by atoms with van der Waals surface area (Å²) in [6, 6.07) is -8.06. The molecular formula is C71H119N13O14. The monoisotopic (exact) mass is 1380 g/mol. The number of nitrogens with one attached hydrogen (secondary N) is 5. The summed E-state index contributed by atoms with van der Waals surface area (Å²) < 4.78 is 5.45. The molecular weight excluding hydrogens is 1260 g/mol. The Labute approximate surface area is 581 Å². The molecule has 27 heteroatoms. The number of carbonyl (C=O) groups excluding carboxylic acids is 12. The number of hydrogen-bond acceptors (Lipinski definition) is 15. The zero-order chi connectivity index (χ0) is 75.0. The van der Waals surface area contributed by atoms with Crippen LogP contribution in [0.5, 0.6) is 0 Å². The fourth-order valence-electron chi connectivity index (χ4n) is 12.2. The first-order chi connectivity index (χ1) is 45.4. The molecule has 0 saturated carbocycles. The van der Waals surface area contributed by atoms with Crippen LogP contribution in [-0.2, 0) is 63.9 Å². The number of amides is 11. The maximum Gasteiger partial charge on any atom is 0.338 e. The number of aliphatic hydroxyl groups is 1. The molecule has 98 heavy (non-hydrogen) atoms. The molecule has 27 nitrogen and oxygen atoms in total. The Bertz CT molecular complexity index is 3110. The molecule has 1 unspecified atom stereocenters. The number of rotatable bonds is 18. The molecule has 0 aliphatic carbocycles. The maximum absolute atomic E-state index is 15.5. The van der Waals surface area contributed by atoms with E-state index in [4.69, 9.17) is 9.72 Å². The number of nitrogens with zero attached hydrogens (tertiary/aromatic N) is 8. The highest BCUT2D eigenvalue weighted by atomic mass is 16.5. The average Bonchev–Trinajstić information content (AvgIpc) is 1.28. The first-order valence-corrected chi connectivity index (χ1v) is 34.8. The lowest BCUT2D eigenvalue weighted by atomic mass is 9.91. The second-order valence-electron chi connectivity index (χ2n) is 29.9. The van der Waals surface area contributed by atoms with Gasteiger partial charge in [0.25, 0.3) is 0 Å². The number of imidazole rings is 1. The zero-order valence-corrected chi connectivity index (χ0v) is 63.2. The highest BCUT2D eigenvalue weighted by molar-refractivity contribution is 6.00. The van der Waals surface area contributed by atoms with Crippen molar-refractivity contribution in [3.05, 3.63) is 29.6 Å². The number of likely N-dealkylation sites (N-methyl/N-ethyl adjacent to an activating group) is 7. The van der Waals surface area contributed by atoms with E-state index in [-0.39, 0.29) is 80.3 Å². The molecule has 11 amide bonds. The largest absolute Gasteiger partial charge is 0.462 e. The van der Waals surface area contributed by atoms with E-state index < -0.39 is 162 Å². The normalized spacial score (nSPS) is 24.9. The van der Waals surface area contributed by atoms with Crippen LogP contribution in [0.25, 0.3) is 11.0 Å². The van der Waals surface area contributed by atoms with Gasteiger partial charge in [-0.2, -0.15) is 0 Å². The van der Waals surface area contributed by atoms with Crippen LogP contribution in [0.3, 0.4) is 0 Å². The third-order valence-corrected chi connectivity index (χ3v) is 18.2. The van der Waals surface area contributed by atoms with E-state index in [2.05, 4.69) is 26.3 Å². The van der Waals surface area contributed by atoms with E-state index in [1.165, 1.54) is 87.7 Å². The minimum Gasteiger partial charge on any atom is -0.462 e. The molecule has 0 bridgehead atoms. The summed E-state index contributed by atoms with van der Waals surface area (Å²) in [5, 5.41) is 23.6. The molecule has 12 atom stereocenters. The lowest BCUT2D eigenvalue weighted by Gasteiger charge is -2.41. The smallest absolute Gasteiger partial charge is 0.338 e. The van der Waals surface area contributed by atoms with Gasteiger partial charge in [-0.05, 0) is 111 Å². The van der Waals surface area contributed by atoms with Gasteiger partial charge in [-0.25, -0.2) is 9.78 Å². The fourth-order valence-corrected chi connectivity index (χ4v) is 12.2. The number of hydrogen-bond donors (Lipinski definition) is 6. The number of fused-ring (bicyclic) bond motifs is 1. The first kappa shape index (κ1) is 84.5. The number of H-pyrrole nitrogens is 1. The molecule has 0 radical (unpaired) electrons. The number of carbonyl (C=O) groups is 12. The van der Waals surface area contributed by atoms with Crippen molar-refractivity contribution in [2.45, 2.75) is 230 Å². The molecule has 1 aromatic carbocycles. The Morgan fingerprint density at radius 1 is 0.520 bits per heavy atom. The van der Waals surface area contributed by atoms with Crippen LogP contribution in [-0.4, -0.2) is 249 Å². The van der Waals surface area contributed by atoms with Gasteiger partial charge in [-0.15, -0.1) is 0 Å². The van der Waals surface area contributed by atoms with Crippen LogP contribution in [0.15, 0.2) is 18.2 Å². The third-order valence-electron chi connectivity index (χ3n) is 18.2. The molecule has 6 N–H and O–H groups in total. The van der Waals surface area contributed by atoms with Gasteiger partial charge >= 0.3 is 5.97 Å². The van der Waals surface area contributed by atoms with Crippen LogP contribution in [0.4, 0.5) is 0 Å². The molecule has 3 rings (SSSR count). The van der Waals surface area contributed by atoms with Crippen molar-refractivity contribution < 1.29 is 67.4 Å². The van der Waals surface area contributed by atoms with Gasteiger partial charge in [0.15, 0.2) is 0 Å². The topological polar surface area (TPSA) is 334 Å². The summed E-state index contributed by atoms with van der Waals surface area (Å²) in [5.74, 6) is -10.7. The van der Waals surface area contributed by atoms with E-state index in [1.54, 1.807) is 59.7 Å². The Hall–Kier alpha value is -7.71. The number of aromatic amines is 1. The van der Waals surface area contributed by atoms with E-state index in [9.17, 15) is 43.5 Å². The van der Waals surface area contributed by atoms with Gasteiger partial charge in [0.2, 0.25) is 65.0 Å². The van der Waals surface area contributed by atoms with Gasteiger partial charge in [0.05, 0.1) is 35.9 Å². The van der Waals surface area contributed by atoms with Crippen molar-refractivity contribution in [2.24, 2.45) is 47.3 Å². The minimum absolute atomic E-state index is 0.00353. The van der Waals surface area contributed by atoms with Crippen LogP contribution in [0.2, 0.25) is 0 Å². The SMILES string of the molecule is CC[C@@H]1NC(=O)[C@H]([C@H](O)[C@H](C)Cc2nc3ccc(C(=O)OCC(C)C)cc3[nH]2)N(C)C(=O)[C@H](C(C)C)N(C)C(=O)[C@H](CC(C)C)N(C)C(=O)[C@H](CC(C)C)N(C)C(=O)[C@@H](C)NC(=O)[C@H](C)NC(=O)[C@H](CC(C)C)N(C)C(=O)[C@H](C(C)C)NC(=O)C(CC(C)C)N(C)C(=O)CN(C)C1=O. The highest BCUT2D eigenvalue weighted by Crippen LogP contribution is 2.27. The summed E-state index contributed by atoms with van der Waals surface area (Å²) in [4.78, 5) is 192. The number of benzene rings is 1. The number of aliphatic hydroxyl groups excluding tert-OH is 1. The Morgan fingerprint density at radius 3 is 1.49 bits per heavy atom. The van der Waals surface area contributed by atoms with Crippen molar-refractivity contribution in [1.82, 2.24) is 65.5 Å². The van der Waals surface area contributed by atoms with Crippen molar-refractivity contribution in [3.8, 4) is 0 Å². The Morgan fingerprint density at radius 2 is 0.990 bits per heavy atom. The number of esters is 1. The predicted molar refractivity (Wildman–Crippen MR) is 374 cm³/mol. The second-order valence-corrected chi connectivity index (χ2v) is 29.9. The standard InChI is InChI=1S/C71H119N13O14/c1-26-48-66(92)78(19)35-56(85)79(20)51(29-37(2)3)63(89)77-57(42(12)13)69(95)80(21)52(30-38(4)5)62(88)72-45(17)61(87)73-46(18)65(91)81(22)53(31-39(6)7)67(93)82(23)54(32-40(8)9)68(94)83(24)58(43(14)15)70(96)84(25)59(64(90)76-48)60(86)44(16)33-55-74-49-28-27-47(34-50(49)75-55)71(97)98-36-41(10)11/h27-28,34,37-46,48,51-54,57-60,86H,26,29-33,35-36H2,1-25H3,(H,72,88)(H,73,87)(H,74,75)(H,76,90)(H,77,89)/t44-,45+,46-,48+,51?,52+,53+,54+,57+,58+,59+,60-/m1/s1. The van der Waals surface area contributed by atoms with Crippen molar-refractivity contribution in [3.63, 3.8) is 0 Å². The second kappa shape index (κ2) is 37.5. The number of ether oxygens (including phenoxy) is 1. The third kappa shape index (κ3) is 22.7. The van der Waals surface area contributed by atoms with Crippen LogP contribution >= 0.6 is 0 Å². The lowest BCUT2D eigenvalue weighted by molar-refractivity contribution is -0.157. The lowest BCUT2D eigenvalue weighted by Crippen LogP contribution is -2.63. The Kier molecular flexibility index (Phi) is 32.3. The number of aromatic nitrogens is 2. The fraction of sp³-hybridized carbons (Fsp3) is 0.732. The van der Waals surface area contributed by atoms with Crippen LogP contribution < -0.4 is 21.3 Å². The van der Waals surface area contributed by atoms with Crippen LogP contribution in [0, 0.1) is 47.3 Å². The quantitative estimate of drug-likeness (QED) is 0.114. The van der Waals surface area contributed by atoms with E-state index in [0.29, 0.717) is 16.9 Å². The summed E-state index contributed by atoms with van der Waals surface area (Å²) in [6.07, 6.45) is -1.24. The van der Waals surface area contributed by atoms with E-state index >= 15 is 19.2 Å². The molecule has 1 saturated heterocycles. The van der Waals surface area contributed by atoms with Crippen molar-refractivity contribution in [1.29, 1.82) is 0 Å². The maximum atomic E-state index is 15.5. The van der Waals surface area contributed by atoms with Crippen LogP contribution in [0.1, 0.15) is 173 Å². The summed E-state index contributed by atoms with van der Waals surface area (Å²) in [5.41, 5.74) is 1.27. The van der Waals surface area contributed by atoms with Gasteiger partial charge in [0, 0.05) is 55.8 Å². The van der Waals surface area contributed by atoms with Crippen molar-refractivity contribution in [2.75, 3.05) is 62.5 Å². The summed E-state index contributed by atoms with van der Waals surface area (Å²) in [7, 11) is 9.79. The molecule has 1 fully saturated rings. The predicted octanol–water partition coefficient (Wildman–Crippen LogP) is 4.23. The van der Waals surface area contributed by atoms with Gasteiger partial charge < -0.3 is 70.4 Å². The van der Waals surface area contributed by atoms with Crippen molar-refractivity contribution >= 4 is 82.0 Å². The zero-order valence-electron chi connectivity index (χ0n) is 63.2. The molecule has 2 heterocycles. The summed E-state index contributed by atoms with van der Waals surface area (Å²) >= 11 is 0. The minimum atomic E-state index is -1.77. The molecule has 1 aliphatic heterocycles. The average molecular weight is 1380 g/mol. The van der Waals surface area contributed by atoms with Gasteiger partial charge in [-0.3, -0.25) is 52.7 Å². The molecule has 552 valence electrons. The van der Waals surface area contributed by atoms with Gasteiger partial charge in [-0.1, -0.05) is 111 Å². The molecule has 2 aromatic rings.